The SMILES string of the molecule is O=c1[nH]c(O)c(Cc2ccc(Oc3ncccc3C(F)(F)F)cc2)s1. The van der Waals surface area contributed by atoms with Gasteiger partial charge in [0.15, 0.2) is 0 Å². The van der Waals surface area contributed by atoms with Crippen LogP contribution < -0.4 is 9.61 Å². The van der Waals surface area contributed by atoms with Crippen LogP contribution in [-0.4, -0.2) is 15.1 Å². The zero-order valence-electron chi connectivity index (χ0n) is 12.5. The summed E-state index contributed by atoms with van der Waals surface area (Å²) in [5.74, 6) is -0.512. The number of halogens is 3. The lowest BCUT2D eigenvalue weighted by molar-refractivity contribution is -0.138. The topological polar surface area (TPSA) is 75.2 Å². The van der Waals surface area contributed by atoms with E-state index in [1.54, 1.807) is 12.1 Å². The zero-order valence-corrected chi connectivity index (χ0v) is 13.3. The lowest BCUT2D eigenvalue weighted by Crippen LogP contribution is -2.08. The van der Waals surface area contributed by atoms with Gasteiger partial charge < -0.3 is 9.84 Å². The van der Waals surface area contributed by atoms with Crippen LogP contribution in [0.1, 0.15) is 16.0 Å². The number of nitrogens with zero attached hydrogens (tertiary/aromatic N) is 1. The Bertz CT molecular complexity index is 933. The van der Waals surface area contributed by atoms with Gasteiger partial charge in [0.25, 0.3) is 0 Å². The maximum atomic E-state index is 12.9. The van der Waals surface area contributed by atoms with Gasteiger partial charge in [0, 0.05) is 12.6 Å². The molecule has 1 aromatic carbocycles. The zero-order chi connectivity index (χ0) is 18.0. The van der Waals surface area contributed by atoms with Crippen molar-refractivity contribution in [1.29, 1.82) is 0 Å². The van der Waals surface area contributed by atoms with Crippen molar-refractivity contribution < 1.29 is 23.0 Å². The van der Waals surface area contributed by atoms with Crippen LogP contribution in [0.2, 0.25) is 0 Å². The van der Waals surface area contributed by atoms with Gasteiger partial charge in [-0.05, 0) is 29.8 Å². The number of pyridine rings is 1. The highest BCUT2D eigenvalue weighted by Gasteiger charge is 2.35. The monoisotopic (exact) mass is 368 g/mol. The normalized spacial score (nSPS) is 11.5. The lowest BCUT2D eigenvalue weighted by atomic mass is 10.1. The summed E-state index contributed by atoms with van der Waals surface area (Å²) < 4.78 is 44.0. The third kappa shape index (κ3) is 4.00. The summed E-state index contributed by atoms with van der Waals surface area (Å²) in [5.41, 5.74) is -0.198. The molecule has 0 aliphatic rings. The van der Waals surface area contributed by atoms with Crippen molar-refractivity contribution in [2.75, 3.05) is 0 Å². The number of ether oxygens (including phenoxy) is 1. The summed E-state index contributed by atoms with van der Waals surface area (Å²) in [6.45, 7) is 0. The molecular formula is C16H11F3N2O3S. The number of aromatic nitrogens is 2. The molecule has 0 spiro atoms. The minimum absolute atomic E-state index is 0.182. The number of hydrogen-bond acceptors (Lipinski definition) is 5. The van der Waals surface area contributed by atoms with E-state index in [4.69, 9.17) is 4.74 Å². The van der Waals surface area contributed by atoms with E-state index in [0.717, 1.165) is 23.0 Å². The maximum Gasteiger partial charge on any atom is 0.421 e. The highest BCUT2D eigenvalue weighted by molar-refractivity contribution is 7.09. The number of H-pyrrole nitrogens is 1. The molecular weight excluding hydrogens is 357 g/mol. The highest BCUT2D eigenvalue weighted by atomic mass is 32.1. The first-order chi connectivity index (χ1) is 11.8. The number of nitrogens with one attached hydrogen (secondary N) is 1. The van der Waals surface area contributed by atoms with Crippen LogP contribution in [0.4, 0.5) is 13.2 Å². The Hall–Kier alpha value is -2.81. The van der Waals surface area contributed by atoms with Gasteiger partial charge in [-0.2, -0.15) is 13.2 Å². The van der Waals surface area contributed by atoms with Gasteiger partial charge >= 0.3 is 11.0 Å². The molecule has 9 heteroatoms. The predicted octanol–water partition coefficient (Wildman–Crippen LogP) is 3.94. The average molecular weight is 368 g/mol. The minimum Gasteiger partial charge on any atom is -0.494 e. The number of thiazole rings is 1. The van der Waals surface area contributed by atoms with E-state index in [-0.39, 0.29) is 16.5 Å². The Morgan fingerprint density at radius 3 is 2.52 bits per heavy atom. The number of rotatable bonds is 4. The number of alkyl halides is 3. The van der Waals surface area contributed by atoms with E-state index in [1.165, 1.54) is 24.4 Å². The van der Waals surface area contributed by atoms with E-state index < -0.39 is 17.6 Å². The van der Waals surface area contributed by atoms with Crippen LogP contribution in [0, 0.1) is 0 Å². The van der Waals surface area contributed by atoms with Crippen LogP contribution in [0.3, 0.4) is 0 Å². The fraction of sp³-hybridized carbons (Fsp3) is 0.125. The number of aromatic amines is 1. The average Bonchev–Trinajstić information content (AvgIpc) is 2.86. The van der Waals surface area contributed by atoms with Crippen molar-refractivity contribution in [2.24, 2.45) is 0 Å². The summed E-state index contributed by atoms with van der Waals surface area (Å²) in [7, 11) is 0. The van der Waals surface area contributed by atoms with E-state index in [2.05, 4.69) is 9.97 Å². The molecule has 0 saturated carbocycles. The van der Waals surface area contributed by atoms with Crippen molar-refractivity contribution in [1.82, 2.24) is 9.97 Å². The summed E-state index contributed by atoms with van der Waals surface area (Å²) >= 11 is 0.893. The molecule has 3 rings (SSSR count). The number of aromatic hydroxyl groups is 1. The molecule has 2 aromatic heterocycles. The van der Waals surface area contributed by atoms with Crippen LogP contribution in [0.25, 0.3) is 0 Å². The van der Waals surface area contributed by atoms with Crippen LogP contribution >= 0.6 is 11.3 Å². The fourth-order valence-corrected chi connectivity index (χ4v) is 2.89. The molecule has 0 radical (unpaired) electrons. The second-order valence-corrected chi connectivity index (χ2v) is 6.13. The molecule has 0 aliphatic carbocycles. The molecule has 0 saturated heterocycles. The molecule has 5 nitrogen and oxygen atoms in total. The molecule has 0 aliphatic heterocycles. The highest BCUT2D eigenvalue weighted by Crippen LogP contribution is 2.36. The van der Waals surface area contributed by atoms with Gasteiger partial charge in [-0.3, -0.25) is 9.78 Å². The van der Waals surface area contributed by atoms with Crippen LogP contribution in [-0.2, 0) is 12.6 Å². The Kier molecular flexibility index (Phi) is 4.49. The summed E-state index contributed by atoms with van der Waals surface area (Å²) in [5, 5.41) is 9.56. The first-order valence-electron chi connectivity index (χ1n) is 7.03. The molecule has 2 N–H and O–H groups in total. The van der Waals surface area contributed by atoms with E-state index in [1.807, 2.05) is 0 Å². The quantitative estimate of drug-likeness (QED) is 0.731. The Morgan fingerprint density at radius 1 is 1.20 bits per heavy atom. The molecule has 0 fully saturated rings. The molecule has 0 unspecified atom stereocenters. The second kappa shape index (κ2) is 6.60. The van der Waals surface area contributed by atoms with Crippen molar-refractivity contribution in [3.05, 3.63) is 68.3 Å². The maximum absolute atomic E-state index is 12.9. The first kappa shape index (κ1) is 17.0. The second-order valence-electron chi connectivity index (χ2n) is 5.06. The molecule has 130 valence electrons. The third-order valence-electron chi connectivity index (χ3n) is 3.28. The first-order valence-corrected chi connectivity index (χ1v) is 7.84. The van der Waals surface area contributed by atoms with Crippen molar-refractivity contribution in [2.45, 2.75) is 12.6 Å². The largest absolute Gasteiger partial charge is 0.494 e. The van der Waals surface area contributed by atoms with Crippen molar-refractivity contribution in [3.63, 3.8) is 0 Å². The molecule has 0 bridgehead atoms. The van der Waals surface area contributed by atoms with Gasteiger partial charge in [-0.1, -0.05) is 23.5 Å². The van der Waals surface area contributed by atoms with Crippen LogP contribution in [0.15, 0.2) is 47.4 Å². The van der Waals surface area contributed by atoms with Gasteiger partial charge in [0.05, 0.1) is 4.88 Å². The molecule has 2 heterocycles. The van der Waals surface area contributed by atoms with E-state index >= 15 is 0 Å². The molecule has 0 amide bonds. The van der Waals surface area contributed by atoms with Gasteiger partial charge in [-0.15, -0.1) is 0 Å². The van der Waals surface area contributed by atoms with E-state index in [0.29, 0.717) is 11.3 Å². The Balaban J connectivity index is 1.78. The Labute approximate surface area is 143 Å². The summed E-state index contributed by atoms with van der Waals surface area (Å²) in [6, 6.07) is 8.35. The van der Waals surface area contributed by atoms with E-state index in [9.17, 15) is 23.1 Å². The number of hydrogen-bond donors (Lipinski definition) is 2. The molecule has 25 heavy (non-hydrogen) atoms. The van der Waals surface area contributed by atoms with Gasteiger partial charge in [0.2, 0.25) is 11.8 Å². The smallest absolute Gasteiger partial charge is 0.421 e. The van der Waals surface area contributed by atoms with Crippen molar-refractivity contribution in [3.8, 4) is 17.5 Å². The summed E-state index contributed by atoms with van der Waals surface area (Å²) in [6.07, 6.45) is -3.03. The summed E-state index contributed by atoms with van der Waals surface area (Å²) in [4.78, 5) is 17.2. The standard InChI is InChI=1S/C16H11F3N2O3S/c17-16(18,19)11-2-1-7-20-14(11)24-10-5-3-9(4-6-10)8-12-13(22)21-15(23)25-12/h1-7,22H,8H2,(H,21,23). The van der Waals surface area contributed by atoms with Gasteiger partial charge in [0.1, 0.15) is 11.3 Å². The Morgan fingerprint density at radius 2 is 1.92 bits per heavy atom. The lowest BCUT2D eigenvalue weighted by Gasteiger charge is -2.12. The fourth-order valence-electron chi connectivity index (χ4n) is 2.13. The number of benzene rings is 1. The molecule has 0 atom stereocenters. The minimum atomic E-state index is -4.56. The molecule has 3 aromatic rings. The predicted molar refractivity (Wildman–Crippen MR) is 85.2 cm³/mol. The third-order valence-corrected chi connectivity index (χ3v) is 4.15. The van der Waals surface area contributed by atoms with Crippen LogP contribution in [0.5, 0.6) is 17.5 Å². The van der Waals surface area contributed by atoms with Crippen molar-refractivity contribution >= 4 is 11.3 Å². The van der Waals surface area contributed by atoms with Gasteiger partial charge in [-0.25, -0.2) is 4.98 Å².